The quantitative estimate of drug-likeness (QED) is 0.711. The lowest BCUT2D eigenvalue weighted by molar-refractivity contribution is -0.120. The van der Waals surface area contributed by atoms with Crippen molar-refractivity contribution in [2.24, 2.45) is 0 Å². The molecule has 0 atom stereocenters. The van der Waals surface area contributed by atoms with E-state index in [0.29, 0.717) is 10.7 Å². The van der Waals surface area contributed by atoms with Gasteiger partial charge in [0.25, 0.3) is 5.91 Å². The number of rotatable bonds is 2. The molecule has 7 heteroatoms. The van der Waals surface area contributed by atoms with E-state index in [0.717, 1.165) is 5.56 Å². The highest BCUT2D eigenvalue weighted by Gasteiger charge is 2.05. The Morgan fingerprint density at radius 2 is 2.11 bits per heavy atom. The molecule has 0 heterocycles. The number of amides is 3. The van der Waals surface area contributed by atoms with Crippen LogP contribution in [0.4, 0.5) is 10.5 Å². The number of benzene rings is 1. The third-order valence-corrected chi connectivity index (χ3v) is 2.39. The number of nitriles is 1. The molecule has 0 aliphatic heterocycles. The molecule has 0 fully saturated rings. The lowest BCUT2D eigenvalue weighted by atomic mass is 10.2. The smallest absolute Gasteiger partial charge is 0.307 e. The van der Waals surface area contributed by atoms with Crippen molar-refractivity contribution in [1.82, 2.24) is 10.9 Å². The molecule has 94 valence electrons. The van der Waals surface area contributed by atoms with Crippen LogP contribution in [-0.4, -0.2) is 11.9 Å². The van der Waals surface area contributed by atoms with Gasteiger partial charge in [-0.15, -0.1) is 0 Å². The maximum Gasteiger partial charge on any atom is 0.337 e. The van der Waals surface area contributed by atoms with Gasteiger partial charge in [-0.25, -0.2) is 10.2 Å². The molecule has 3 amide bonds. The molecule has 3 N–H and O–H groups in total. The summed E-state index contributed by atoms with van der Waals surface area (Å²) in [4.78, 5) is 22.3. The lowest BCUT2D eigenvalue weighted by Gasteiger charge is -2.08. The van der Waals surface area contributed by atoms with E-state index in [1.165, 1.54) is 0 Å². The van der Waals surface area contributed by atoms with Gasteiger partial charge in [-0.3, -0.25) is 10.2 Å². The normalized spacial score (nSPS) is 9.17. The van der Waals surface area contributed by atoms with Crippen LogP contribution in [0.5, 0.6) is 0 Å². The van der Waals surface area contributed by atoms with Crippen molar-refractivity contribution < 1.29 is 9.59 Å². The van der Waals surface area contributed by atoms with Crippen LogP contribution in [0.25, 0.3) is 0 Å². The van der Waals surface area contributed by atoms with E-state index in [1.807, 2.05) is 6.92 Å². The zero-order chi connectivity index (χ0) is 13.5. The number of hydrazine groups is 1. The standard InChI is InChI=1S/C11H11ClN4O2/c1-7-2-3-8(6-9(7)12)14-11(18)16-15-10(17)4-5-13/h2-3,6H,4H2,1H3,(H,15,17)(H2,14,16,18). The first-order valence-corrected chi connectivity index (χ1v) is 5.39. The van der Waals surface area contributed by atoms with Crippen molar-refractivity contribution in [2.75, 3.05) is 5.32 Å². The van der Waals surface area contributed by atoms with E-state index in [-0.39, 0.29) is 6.42 Å². The number of urea groups is 1. The summed E-state index contributed by atoms with van der Waals surface area (Å²) in [6.07, 6.45) is -0.323. The number of aryl methyl sites for hydroxylation is 1. The second kappa shape index (κ2) is 6.47. The molecule has 0 aliphatic carbocycles. The predicted octanol–water partition coefficient (Wildman–Crippen LogP) is 1.71. The Morgan fingerprint density at radius 3 is 2.72 bits per heavy atom. The fourth-order valence-corrected chi connectivity index (χ4v) is 1.26. The van der Waals surface area contributed by atoms with Crippen LogP contribution in [0.1, 0.15) is 12.0 Å². The number of halogens is 1. The highest BCUT2D eigenvalue weighted by atomic mass is 35.5. The van der Waals surface area contributed by atoms with E-state index < -0.39 is 11.9 Å². The highest BCUT2D eigenvalue weighted by molar-refractivity contribution is 6.31. The summed E-state index contributed by atoms with van der Waals surface area (Å²) in [5.41, 5.74) is 5.57. The molecular weight excluding hydrogens is 256 g/mol. The van der Waals surface area contributed by atoms with Crippen LogP contribution < -0.4 is 16.2 Å². The molecule has 0 spiro atoms. The second-order valence-corrected chi connectivity index (χ2v) is 3.83. The minimum Gasteiger partial charge on any atom is -0.307 e. The minimum atomic E-state index is -0.624. The van der Waals surface area contributed by atoms with Crippen molar-refractivity contribution >= 4 is 29.2 Å². The largest absolute Gasteiger partial charge is 0.337 e. The maximum absolute atomic E-state index is 11.4. The van der Waals surface area contributed by atoms with Gasteiger partial charge in [0.15, 0.2) is 0 Å². The molecule has 1 aromatic carbocycles. The van der Waals surface area contributed by atoms with Gasteiger partial charge in [0.05, 0.1) is 6.07 Å². The summed E-state index contributed by atoms with van der Waals surface area (Å²) in [6.45, 7) is 1.84. The fourth-order valence-electron chi connectivity index (χ4n) is 1.08. The van der Waals surface area contributed by atoms with E-state index in [1.54, 1.807) is 24.3 Å². The van der Waals surface area contributed by atoms with Crippen molar-refractivity contribution in [2.45, 2.75) is 13.3 Å². The van der Waals surface area contributed by atoms with Crippen molar-refractivity contribution in [3.8, 4) is 6.07 Å². The summed E-state index contributed by atoms with van der Waals surface area (Å²) in [7, 11) is 0. The van der Waals surface area contributed by atoms with E-state index in [2.05, 4.69) is 16.2 Å². The Morgan fingerprint density at radius 1 is 1.39 bits per heavy atom. The Bertz CT molecular complexity index is 510. The number of hydrogen-bond acceptors (Lipinski definition) is 3. The predicted molar refractivity (Wildman–Crippen MR) is 66.7 cm³/mol. The summed E-state index contributed by atoms with van der Waals surface area (Å²) >= 11 is 5.89. The molecule has 0 aromatic heterocycles. The SMILES string of the molecule is Cc1ccc(NC(=O)NNC(=O)CC#N)cc1Cl. The van der Waals surface area contributed by atoms with E-state index >= 15 is 0 Å². The van der Waals surface area contributed by atoms with Crippen molar-refractivity contribution in [3.05, 3.63) is 28.8 Å². The minimum absolute atomic E-state index is 0.323. The zero-order valence-corrected chi connectivity index (χ0v) is 10.3. The van der Waals surface area contributed by atoms with Gasteiger partial charge in [-0.2, -0.15) is 5.26 Å². The summed E-state index contributed by atoms with van der Waals surface area (Å²) in [5.74, 6) is -0.588. The maximum atomic E-state index is 11.4. The summed E-state index contributed by atoms with van der Waals surface area (Å²) in [5, 5.41) is 11.2. The molecule has 0 saturated heterocycles. The number of nitrogens with one attached hydrogen (secondary N) is 3. The monoisotopic (exact) mass is 266 g/mol. The molecule has 0 bridgehead atoms. The van der Waals surface area contributed by atoms with Gasteiger partial charge in [0.1, 0.15) is 6.42 Å². The van der Waals surface area contributed by atoms with Crippen LogP contribution in [-0.2, 0) is 4.79 Å². The average Bonchev–Trinajstić information content (AvgIpc) is 2.32. The number of carbonyl (C=O) groups excluding carboxylic acids is 2. The molecule has 0 unspecified atom stereocenters. The Hall–Kier alpha value is -2.26. The summed E-state index contributed by atoms with van der Waals surface area (Å²) < 4.78 is 0. The number of anilines is 1. The molecule has 1 rings (SSSR count). The number of carbonyl (C=O) groups is 2. The molecule has 1 aromatic rings. The van der Waals surface area contributed by atoms with Gasteiger partial charge >= 0.3 is 6.03 Å². The Kier molecular flexibility index (Phi) is 4.96. The molecule has 0 saturated carbocycles. The molecule has 0 aliphatic rings. The van der Waals surface area contributed by atoms with Crippen LogP contribution in [0.15, 0.2) is 18.2 Å². The first-order valence-electron chi connectivity index (χ1n) is 5.02. The molecule has 18 heavy (non-hydrogen) atoms. The first kappa shape index (κ1) is 13.8. The van der Waals surface area contributed by atoms with Gasteiger partial charge in [0.2, 0.25) is 0 Å². The first-order chi connectivity index (χ1) is 8.52. The van der Waals surface area contributed by atoms with Crippen LogP contribution in [0.2, 0.25) is 5.02 Å². The average molecular weight is 267 g/mol. The van der Waals surface area contributed by atoms with Gasteiger partial charge in [0, 0.05) is 10.7 Å². The highest BCUT2D eigenvalue weighted by Crippen LogP contribution is 2.19. The van der Waals surface area contributed by atoms with Gasteiger partial charge in [-0.1, -0.05) is 17.7 Å². The third-order valence-electron chi connectivity index (χ3n) is 1.98. The van der Waals surface area contributed by atoms with Crippen LogP contribution >= 0.6 is 11.6 Å². The van der Waals surface area contributed by atoms with E-state index in [9.17, 15) is 9.59 Å². The Balaban J connectivity index is 2.47. The van der Waals surface area contributed by atoms with E-state index in [4.69, 9.17) is 16.9 Å². The zero-order valence-electron chi connectivity index (χ0n) is 9.58. The van der Waals surface area contributed by atoms with Crippen LogP contribution in [0, 0.1) is 18.3 Å². The van der Waals surface area contributed by atoms with Crippen LogP contribution in [0.3, 0.4) is 0 Å². The molecule has 0 radical (unpaired) electrons. The van der Waals surface area contributed by atoms with Gasteiger partial charge in [-0.05, 0) is 24.6 Å². The second-order valence-electron chi connectivity index (χ2n) is 3.43. The molecule has 6 nitrogen and oxygen atoms in total. The third kappa shape index (κ3) is 4.31. The van der Waals surface area contributed by atoms with Gasteiger partial charge < -0.3 is 5.32 Å². The van der Waals surface area contributed by atoms with Crippen molar-refractivity contribution in [1.29, 1.82) is 5.26 Å². The summed E-state index contributed by atoms with van der Waals surface area (Å²) in [6, 6.07) is 6.05. The number of nitrogens with zero attached hydrogens (tertiary/aromatic N) is 1. The Labute approximate surface area is 109 Å². The molecular formula is C11H11ClN4O2. The fraction of sp³-hybridized carbons (Fsp3) is 0.182. The number of hydrogen-bond donors (Lipinski definition) is 3. The van der Waals surface area contributed by atoms with Crippen molar-refractivity contribution in [3.63, 3.8) is 0 Å². The topological polar surface area (TPSA) is 94.0 Å². The lowest BCUT2D eigenvalue weighted by Crippen LogP contribution is -2.43.